The summed E-state index contributed by atoms with van der Waals surface area (Å²) in [5.74, 6) is -0.531. The highest BCUT2D eigenvalue weighted by atomic mass is 16.6. The lowest BCUT2D eigenvalue weighted by Crippen LogP contribution is -2.32. The number of phenols is 1. The molecule has 0 unspecified atom stereocenters. The highest BCUT2D eigenvalue weighted by Gasteiger charge is 2.29. The third-order valence-corrected chi connectivity index (χ3v) is 3.54. The van der Waals surface area contributed by atoms with Gasteiger partial charge in [0.15, 0.2) is 0 Å². The van der Waals surface area contributed by atoms with Crippen LogP contribution in [0.3, 0.4) is 0 Å². The molecule has 0 aliphatic carbocycles. The number of amides is 1. The van der Waals surface area contributed by atoms with Gasteiger partial charge in [0, 0.05) is 17.5 Å². The van der Waals surface area contributed by atoms with Crippen molar-refractivity contribution in [2.75, 3.05) is 5.32 Å². The molecule has 0 saturated heterocycles. The Kier molecular flexibility index (Phi) is 4.64. The Morgan fingerprint density at radius 3 is 2.48 bits per heavy atom. The number of rotatable bonds is 5. The molecule has 0 aromatic heterocycles. The zero-order chi connectivity index (χ0) is 17.0. The largest absolute Gasteiger partial charge is 0.506 e. The van der Waals surface area contributed by atoms with E-state index in [4.69, 9.17) is 0 Å². The van der Waals surface area contributed by atoms with Gasteiger partial charge in [0.2, 0.25) is 5.91 Å². The van der Waals surface area contributed by atoms with E-state index in [9.17, 15) is 20.0 Å². The molecule has 0 saturated carbocycles. The second-order valence-electron chi connectivity index (χ2n) is 5.96. The molecule has 2 aromatic carbocycles. The second-order valence-corrected chi connectivity index (χ2v) is 5.96. The fourth-order valence-electron chi connectivity index (χ4n) is 2.22. The number of phenolic OH excluding ortho intramolecular Hbond substituents is 1. The number of nitrogens with zero attached hydrogens (tertiary/aromatic N) is 1. The molecule has 6 nitrogen and oxygen atoms in total. The van der Waals surface area contributed by atoms with Crippen LogP contribution in [-0.4, -0.2) is 15.9 Å². The molecular formula is C17H18N2O4. The molecule has 2 rings (SSSR count). The maximum atomic E-state index is 12.5. The van der Waals surface area contributed by atoms with E-state index >= 15 is 0 Å². The number of non-ortho nitro benzene ring substituents is 1. The molecule has 2 aromatic rings. The van der Waals surface area contributed by atoms with Crippen LogP contribution in [0.5, 0.6) is 5.75 Å². The minimum absolute atomic E-state index is 0.0327. The van der Waals surface area contributed by atoms with Crippen LogP contribution in [0.1, 0.15) is 19.4 Å². The predicted octanol–water partition coefficient (Wildman–Crippen LogP) is 3.51. The van der Waals surface area contributed by atoms with Gasteiger partial charge < -0.3 is 10.4 Å². The Hall–Kier alpha value is -2.89. The monoisotopic (exact) mass is 314 g/mol. The van der Waals surface area contributed by atoms with Crippen molar-refractivity contribution < 1.29 is 14.8 Å². The molecule has 0 fully saturated rings. The van der Waals surface area contributed by atoms with Gasteiger partial charge in [0.05, 0.1) is 10.6 Å². The van der Waals surface area contributed by atoms with Crippen LogP contribution in [0.15, 0.2) is 48.5 Å². The third kappa shape index (κ3) is 4.06. The van der Waals surface area contributed by atoms with Gasteiger partial charge in [-0.25, -0.2) is 0 Å². The standard InChI is InChI=1S/C17H18N2O4/c1-17(2,11-12-6-4-3-5-7-12)16(21)18-14-10-13(19(22)23)8-9-15(14)20/h3-10,20H,11H2,1-2H3,(H,18,21). The minimum Gasteiger partial charge on any atom is -0.506 e. The lowest BCUT2D eigenvalue weighted by atomic mass is 9.84. The average Bonchev–Trinajstić information content (AvgIpc) is 2.49. The van der Waals surface area contributed by atoms with Crippen LogP contribution in [0.25, 0.3) is 0 Å². The zero-order valence-electron chi connectivity index (χ0n) is 12.9. The van der Waals surface area contributed by atoms with Crippen LogP contribution in [-0.2, 0) is 11.2 Å². The number of nitro benzene ring substituents is 1. The molecular weight excluding hydrogens is 296 g/mol. The summed E-state index contributed by atoms with van der Waals surface area (Å²) < 4.78 is 0. The highest BCUT2D eigenvalue weighted by molar-refractivity contribution is 5.96. The predicted molar refractivity (Wildman–Crippen MR) is 87.3 cm³/mol. The van der Waals surface area contributed by atoms with E-state index in [0.717, 1.165) is 11.6 Å². The minimum atomic E-state index is -0.738. The topological polar surface area (TPSA) is 92.5 Å². The van der Waals surface area contributed by atoms with Crippen molar-refractivity contribution in [2.45, 2.75) is 20.3 Å². The average molecular weight is 314 g/mol. The summed E-state index contributed by atoms with van der Waals surface area (Å²) in [6.45, 7) is 3.56. The van der Waals surface area contributed by atoms with Crippen LogP contribution in [0, 0.1) is 15.5 Å². The molecule has 0 aliphatic rings. The summed E-state index contributed by atoms with van der Waals surface area (Å²) >= 11 is 0. The van der Waals surface area contributed by atoms with Crippen molar-refractivity contribution in [2.24, 2.45) is 5.41 Å². The number of nitrogens with one attached hydrogen (secondary N) is 1. The third-order valence-electron chi connectivity index (χ3n) is 3.54. The summed E-state index contributed by atoms with van der Waals surface area (Å²) in [6.07, 6.45) is 0.509. The van der Waals surface area contributed by atoms with Gasteiger partial charge >= 0.3 is 0 Å². The Morgan fingerprint density at radius 2 is 1.87 bits per heavy atom. The van der Waals surface area contributed by atoms with E-state index < -0.39 is 10.3 Å². The number of aromatic hydroxyl groups is 1. The van der Waals surface area contributed by atoms with Crippen LogP contribution < -0.4 is 5.32 Å². The number of carbonyl (C=O) groups excluding carboxylic acids is 1. The van der Waals surface area contributed by atoms with E-state index in [0.29, 0.717) is 6.42 Å². The first kappa shape index (κ1) is 16.5. The fraction of sp³-hybridized carbons (Fsp3) is 0.235. The van der Waals surface area contributed by atoms with Gasteiger partial charge in [0.1, 0.15) is 5.75 Å². The smallest absolute Gasteiger partial charge is 0.271 e. The summed E-state index contributed by atoms with van der Waals surface area (Å²) in [7, 11) is 0. The molecule has 0 aliphatic heterocycles. The molecule has 0 atom stereocenters. The first-order valence-electron chi connectivity index (χ1n) is 7.12. The summed E-state index contributed by atoms with van der Waals surface area (Å²) in [6, 6.07) is 13.1. The molecule has 1 amide bonds. The van der Waals surface area contributed by atoms with Gasteiger partial charge in [0.25, 0.3) is 5.69 Å². The highest BCUT2D eigenvalue weighted by Crippen LogP contribution is 2.30. The maximum absolute atomic E-state index is 12.5. The maximum Gasteiger partial charge on any atom is 0.271 e. The lowest BCUT2D eigenvalue weighted by molar-refractivity contribution is -0.384. The Labute approximate surface area is 133 Å². The van der Waals surface area contributed by atoms with E-state index in [1.807, 2.05) is 30.3 Å². The van der Waals surface area contributed by atoms with E-state index in [1.165, 1.54) is 12.1 Å². The Morgan fingerprint density at radius 1 is 1.22 bits per heavy atom. The number of hydrogen-bond acceptors (Lipinski definition) is 4. The van der Waals surface area contributed by atoms with Crippen molar-refractivity contribution in [3.63, 3.8) is 0 Å². The summed E-state index contributed by atoms with van der Waals surface area (Å²) in [5, 5.41) is 23.2. The zero-order valence-corrected chi connectivity index (χ0v) is 12.9. The lowest BCUT2D eigenvalue weighted by Gasteiger charge is -2.24. The molecule has 6 heteroatoms. The number of nitro groups is 1. The second kappa shape index (κ2) is 6.48. The van der Waals surface area contributed by atoms with Crippen molar-refractivity contribution in [3.8, 4) is 5.75 Å². The first-order chi connectivity index (χ1) is 10.8. The molecule has 0 bridgehead atoms. The van der Waals surface area contributed by atoms with Crippen molar-refractivity contribution in [1.29, 1.82) is 0 Å². The number of benzene rings is 2. The van der Waals surface area contributed by atoms with E-state index in [1.54, 1.807) is 13.8 Å². The van der Waals surface area contributed by atoms with Gasteiger partial charge in [-0.15, -0.1) is 0 Å². The van der Waals surface area contributed by atoms with Crippen molar-refractivity contribution in [1.82, 2.24) is 0 Å². The molecule has 0 heterocycles. The SMILES string of the molecule is CC(C)(Cc1ccccc1)C(=O)Nc1cc([N+](=O)[O-])ccc1O. The van der Waals surface area contributed by atoms with Crippen LogP contribution in [0.4, 0.5) is 11.4 Å². The summed E-state index contributed by atoms with van der Waals surface area (Å²) in [5.41, 5.74) is 0.110. The number of anilines is 1. The van der Waals surface area contributed by atoms with Gasteiger partial charge in [-0.3, -0.25) is 14.9 Å². The molecule has 0 radical (unpaired) electrons. The molecule has 0 spiro atoms. The summed E-state index contributed by atoms with van der Waals surface area (Å²) in [4.78, 5) is 22.7. The van der Waals surface area contributed by atoms with Crippen molar-refractivity contribution >= 4 is 17.3 Å². The van der Waals surface area contributed by atoms with Crippen LogP contribution in [0.2, 0.25) is 0 Å². The van der Waals surface area contributed by atoms with Gasteiger partial charge in [-0.2, -0.15) is 0 Å². The van der Waals surface area contributed by atoms with Crippen molar-refractivity contribution in [3.05, 3.63) is 64.2 Å². The quantitative estimate of drug-likeness (QED) is 0.502. The molecule has 23 heavy (non-hydrogen) atoms. The molecule has 120 valence electrons. The van der Waals surface area contributed by atoms with Gasteiger partial charge in [-0.1, -0.05) is 44.2 Å². The first-order valence-corrected chi connectivity index (χ1v) is 7.12. The fourth-order valence-corrected chi connectivity index (χ4v) is 2.22. The van der Waals surface area contributed by atoms with E-state index in [2.05, 4.69) is 5.32 Å². The molecule has 2 N–H and O–H groups in total. The normalized spacial score (nSPS) is 11.0. The van der Waals surface area contributed by atoms with Crippen LogP contribution >= 0.6 is 0 Å². The van der Waals surface area contributed by atoms with Gasteiger partial charge in [-0.05, 0) is 18.1 Å². The Balaban J connectivity index is 2.17. The number of hydrogen-bond donors (Lipinski definition) is 2. The van der Waals surface area contributed by atoms with E-state index in [-0.39, 0.29) is 23.0 Å². The number of carbonyl (C=O) groups is 1. The Bertz CT molecular complexity index is 727.